The minimum Gasteiger partial charge on any atom is -0.491 e. The normalized spacial score (nSPS) is 23.2. The van der Waals surface area contributed by atoms with E-state index in [1.165, 1.54) is 31.2 Å². The zero-order valence-corrected chi connectivity index (χ0v) is 10.9. The van der Waals surface area contributed by atoms with Crippen molar-refractivity contribution in [3.8, 4) is 5.75 Å². The highest BCUT2D eigenvalue weighted by molar-refractivity contribution is 5.73. The monoisotopic (exact) mass is 267 g/mol. The average Bonchev–Trinajstić information content (AvgIpc) is 2.38. The first kappa shape index (κ1) is 13.8. The lowest BCUT2D eigenvalue weighted by Crippen LogP contribution is -2.52. The van der Waals surface area contributed by atoms with Crippen LogP contribution in [0.3, 0.4) is 0 Å². The molecule has 5 heteroatoms. The summed E-state index contributed by atoms with van der Waals surface area (Å²) in [5.41, 5.74) is -1.03. The third-order valence-electron chi connectivity index (χ3n) is 3.32. The van der Waals surface area contributed by atoms with Crippen molar-refractivity contribution in [1.29, 1.82) is 0 Å². The van der Waals surface area contributed by atoms with E-state index in [0.29, 0.717) is 18.7 Å². The Hall–Kier alpha value is -1.62. The van der Waals surface area contributed by atoms with Gasteiger partial charge in [-0.25, -0.2) is 4.39 Å². The van der Waals surface area contributed by atoms with Crippen molar-refractivity contribution in [3.63, 3.8) is 0 Å². The molecule has 1 amide bonds. The van der Waals surface area contributed by atoms with E-state index in [1.54, 1.807) is 4.90 Å². The number of halogens is 1. The second-order valence-corrected chi connectivity index (χ2v) is 5.01. The first-order chi connectivity index (χ1) is 8.98. The van der Waals surface area contributed by atoms with E-state index < -0.39 is 5.60 Å². The van der Waals surface area contributed by atoms with E-state index in [0.717, 1.165) is 6.42 Å². The third-order valence-corrected chi connectivity index (χ3v) is 3.32. The summed E-state index contributed by atoms with van der Waals surface area (Å²) in [7, 11) is 0. The molecule has 1 aliphatic rings. The third kappa shape index (κ3) is 3.67. The second-order valence-electron chi connectivity index (χ2n) is 5.01. The van der Waals surface area contributed by atoms with E-state index in [4.69, 9.17) is 4.74 Å². The van der Waals surface area contributed by atoms with Crippen LogP contribution < -0.4 is 4.74 Å². The fraction of sp³-hybridized carbons (Fsp3) is 0.500. The predicted octanol–water partition coefficient (Wildman–Crippen LogP) is 1.58. The molecule has 1 N–H and O–H groups in total. The highest BCUT2D eigenvalue weighted by atomic mass is 19.1. The molecule has 1 atom stereocenters. The maximum Gasteiger partial charge on any atom is 0.219 e. The maximum absolute atomic E-state index is 12.7. The van der Waals surface area contributed by atoms with Gasteiger partial charge in [0.25, 0.3) is 0 Å². The molecule has 0 saturated carbocycles. The Labute approximate surface area is 111 Å². The Morgan fingerprint density at radius 1 is 1.47 bits per heavy atom. The molecule has 1 aromatic carbocycles. The van der Waals surface area contributed by atoms with Crippen molar-refractivity contribution in [2.75, 3.05) is 19.7 Å². The predicted molar refractivity (Wildman–Crippen MR) is 68.3 cm³/mol. The number of aliphatic hydroxyl groups is 1. The number of piperidine rings is 1. The van der Waals surface area contributed by atoms with Gasteiger partial charge in [0, 0.05) is 13.5 Å². The molecule has 0 aromatic heterocycles. The summed E-state index contributed by atoms with van der Waals surface area (Å²) in [6, 6.07) is 5.65. The molecular weight excluding hydrogens is 249 g/mol. The van der Waals surface area contributed by atoms with Crippen LogP contribution in [0, 0.1) is 5.82 Å². The summed E-state index contributed by atoms with van der Waals surface area (Å²) in [6.45, 7) is 2.55. The van der Waals surface area contributed by atoms with E-state index in [9.17, 15) is 14.3 Å². The van der Waals surface area contributed by atoms with Crippen LogP contribution in [0.2, 0.25) is 0 Å². The minimum absolute atomic E-state index is 0.0418. The number of hydrogen-bond acceptors (Lipinski definition) is 3. The topological polar surface area (TPSA) is 49.8 Å². The molecule has 2 rings (SSSR count). The maximum atomic E-state index is 12.7. The van der Waals surface area contributed by atoms with Gasteiger partial charge in [-0.1, -0.05) is 0 Å². The molecule has 104 valence electrons. The summed E-state index contributed by atoms with van der Waals surface area (Å²) in [5.74, 6) is 0.140. The number of likely N-dealkylation sites (tertiary alicyclic amines) is 1. The van der Waals surface area contributed by atoms with Gasteiger partial charge in [-0.2, -0.15) is 0 Å². The summed E-state index contributed by atoms with van der Waals surface area (Å²) >= 11 is 0. The Kier molecular flexibility index (Phi) is 4.04. The number of rotatable bonds is 3. The van der Waals surface area contributed by atoms with Crippen LogP contribution in [0.5, 0.6) is 5.75 Å². The lowest BCUT2D eigenvalue weighted by Gasteiger charge is -2.38. The Morgan fingerprint density at radius 2 is 2.16 bits per heavy atom. The van der Waals surface area contributed by atoms with Crippen LogP contribution in [0.4, 0.5) is 4.39 Å². The molecular formula is C14H18FNO3. The SMILES string of the molecule is CC(=O)N1CCC[C@](O)(COc2ccc(F)cc2)C1. The van der Waals surface area contributed by atoms with Crippen molar-refractivity contribution in [2.45, 2.75) is 25.4 Å². The van der Waals surface area contributed by atoms with Gasteiger partial charge in [-0.05, 0) is 37.1 Å². The first-order valence-electron chi connectivity index (χ1n) is 6.35. The van der Waals surface area contributed by atoms with Gasteiger partial charge in [-0.3, -0.25) is 4.79 Å². The smallest absolute Gasteiger partial charge is 0.219 e. The van der Waals surface area contributed by atoms with Gasteiger partial charge in [0.15, 0.2) is 0 Å². The molecule has 0 spiro atoms. The van der Waals surface area contributed by atoms with Gasteiger partial charge in [0.05, 0.1) is 6.54 Å². The molecule has 1 saturated heterocycles. The second kappa shape index (κ2) is 5.57. The number of carbonyl (C=O) groups excluding carboxylic acids is 1. The molecule has 4 nitrogen and oxygen atoms in total. The van der Waals surface area contributed by atoms with Gasteiger partial charge < -0.3 is 14.7 Å². The van der Waals surface area contributed by atoms with Gasteiger partial charge in [0.2, 0.25) is 5.91 Å². The number of benzene rings is 1. The summed E-state index contributed by atoms with van der Waals surface area (Å²) < 4.78 is 18.2. The van der Waals surface area contributed by atoms with Gasteiger partial charge >= 0.3 is 0 Å². The number of amides is 1. The van der Waals surface area contributed by atoms with Crippen molar-refractivity contribution < 1.29 is 19.0 Å². The molecule has 0 radical (unpaired) electrons. The van der Waals surface area contributed by atoms with Gasteiger partial charge in [0.1, 0.15) is 23.8 Å². The molecule has 1 fully saturated rings. The molecule has 0 aliphatic carbocycles. The number of nitrogens with zero attached hydrogens (tertiary/aromatic N) is 1. The molecule has 1 aromatic rings. The number of β-amino-alcohol motifs (C(OH)–C–C–N with tert-alkyl or cyclic N) is 1. The Morgan fingerprint density at radius 3 is 2.79 bits per heavy atom. The standard InChI is InChI=1S/C14H18FNO3/c1-11(17)16-8-2-7-14(18,9-16)10-19-13-5-3-12(15)4-6-13/h3-6,18H,2,7-10H2,1H3/t14-/m1/s1. The minimum atomic E-state index is -1.03. The quantitative estimate of drug-likeness (QED) is 0.904. The summed E-state index contributed by atoms with van der Waals surface area (Å²) in [5, 5.41) is 10.4. The fourth-order valence-corrected chi connectivity index (χ4v) is 2.25. The van der Waals surface area contributed by atoms with Crippen molar-refractivity contribution in [3.05, 3.63) is 30.1 Å². The first-order valence-corrected chi connectivity index (χ1v) is 6.35. The summed E-state index contributed by atoms with van der Waals surface area (Å²) in [4.78, 5) is 13.0. The zero-order chi connectivity index (χ0) is 13.9. The van der Waals surface area contributed by atoms with Crippen LogP contribution in [0.15, 0.2) is 24.3 Å². The molecule has 1 aliphatic heterocycles. The Bertz CT molecular complexity index is 449. The molecule has 1 heterocycles. The van der Waals surface area contributed by atoms with Gasteiger partial charge in [-0.15, -0.1) is 0 Å². The van der Waals surface area contributed by atoms with Crippen molar-refractivity contribution >= 4 is 5.91 Å². The Balaban J connectivity index is 1.93. The number of hydrogen-bond donors (Lipinski definition) is 1. The zero-order valence-electron chi connectivity index (χ0n) is 10.9. The van der Waals surface area contributed by atoms with E-state index >= 15 is 0 Å². The number of carbonyl (C=O) groups is 1. The van der Waals surface area contributed by atoms with Crippen LogP contribution in [-0.4, -0.2) is 41.2 Å². The van der Waals surface area contributed by atoms with Crippen LogP contribution in [-0.2, 0) is 4.79 Å². The lowest BCUT2D eigenvalue weighted by molar-refractivity contribution is -0.137. The number of ether oxygens (including phenoxy) is 1. The molecule has 0 unspecified atom stereocenters. The lowest BCUT2D eigenvalue weighted by atomic mass is 9.93. The van der Waals surface area contributed by atoms with Crippen LogP contribution >= 0.6 is 0 Å². The largest absolute Gasteiger partial charge is 0.491 e. The average molecular weight is 267 g/mol. The highest BCUT2D eigenvalue weighted by Crippen LogP contribution is 2.23. The van der Waals surface area contributed by atoms with E-state index in [-0.39, 0.29) is 24.9 Å². The van der Waals surface area contributed by atoms with Crippen molar-refractivity contribution in [2.24, 2.45) is 0 Å². The molecule has 19 heavy (non-hydrogen) atoms. The fourth-order valence-electron chi connectivity index (χ4n) is 2.25. The molecule has 0 bridgehead atoms. The highest BCUT2D eigenvalue weighted by Gasteiger charge is 2.35. The van der Waals surface area contributed by atoms with E-state index in [1.807, 2.05) is 0 Å². The van der Waals surface area contributed by atoms with Crippen LogP contribution in [0.25, 0.3) is 0 Å². The van der Waals surface area contributed by atoms with Crippen LogP contribution in [0.1, 0.15) is 19.8 Å². The summed E-state index contributed by atoms with van der Waals surface area (Å²) in [6.07, 6.45) is 1.35. The van der Waals surface area contributed by atoms with Crippen molar-refractivity contribution in [1.82, 2.24) is 4.90 Å². The van der Waals surface area contributed by atoms with E-state index in [2.05, 4.69) is 0 Å².